The third-order valence-corrected chi connectivity index (χ3v) is 5.32. The van der Waals surface area contributed by atoms with E-state index in [1.807, 2.05) is 24.3 Å². The van der Waals surface area contributed by atoms with Crippen LogP contribution in [-0.4, -0.2) is 44.7 Å². The van der Waals surface area contributed by atoms with Crippen LogP contribution in [0.4, 0.5) is 0 Å². The molecule has 1 aliphatic heterocycles. The number of benzene rings is 1. The van der Waals surface area contributed by atoms with Gasteiger partial charge in [0.15, 0.2) is 5.96 Å². The summed E-state index contributed by atoms with van der Waals surface area (Å²) in [6, 6.07) is 10.2. The maximum atomic E-state index is 5.68. The van der Waals surface area contributed by atoms with E-state index >= 15 is 0 Å². The quantitative estimate of drug-likeness (QED) is 0.515. The first-order valence-corrected chi connectivity index (χ1v) is 10.0. The molecular formula is C20H27BrN4O2. The SMILES string of the molecule is CN=C(NCc1cc(Br)ccc1OC)NCC(c1ccco1)N1CCCC1. The van der Waals surface area contributed by atoms with Crippen molar-refractivity contribution in [1.29, 1.82) is 0 Å². The molecule has 0 amide bonds. The highest BCUT2D eigenvalue weighted by molar-refractivity contribution is 9.10. The Morgan fingerprint density at radius 2 is 2.11 bits per heavy atom. The van der Waals surface area contributed by atoms with Gasteiger partial charge in [-0.25, -0.2) is 0 Å². The summed E-state index contributed by atoms with van der Waals surface area (Å²) in [5.74, 6) is 2.60. The molecular weight excluding hydrogens is 408 g/mol. The molecule has 0 aliphatic carbocycles. The van der Waals surface area contributed by atoms with Gasteiger partial charge in [-0.15, -0.1) is 0 Å². The van der Waals surface area contributed by atoms with Crippen LogP contribution in [0.25, 0.3) is 0 Å². The lowest BCUT2D eigenvalue weighted by atomic mass is 10.2. The summed E-state index contributed by atoms with van der Waals surface area (Å²) < 4.78 is 12.1. The van der Waals surface area contributed by atoms with Gasteiger partial charge in [0.1, 0.15) is 11.5 Å². The Morgan fingerprint density at radius 1 is 1.30 bits per heavy atom. The Kier molecular flexibility index (Phi) is 7.18. The van der Waals surface area contributed by atoms with E-state index < -0.39 is 0 Å². The van der Waals surface area contributed by atoms with Crippen molar-refractivity contribution in [3.05, 3.63) is 52.4 Å². The van der Waals surface area contributed by atoms with E-state index in [0.29, 0.717) is 6.54 Å². The van der Waals surface area contributed by atoms with Crippen LogP contribution in [0.15, 0.2) is 50.5 Å². The molecule has 0 saturated carbocycles. The molecule has 1 atom stereocenters. The first kappa shape index (κ1) is 19.8. The van der Waals surface area contributed by atoms with Crippen molar-refractivity contribution >= 4 is 21.9 Å². The summed E-state index contributed by atoms with van der Waals surface area (Å²) in [5.41, 5.74) is 1.07. The number of guanidine groups is 1. The zero-order chi connectivity index (χ0) is 19.1. The van der Waals surface area contributed by atoms with Crippen LogP contribution in [0.3, 0.4) is 0 Å². The number of nitrogens with zero attached hydrogens (tertiary/aromatic N) is 2. The van der Waals surface area contributed by atoms with Crippen LogP contribution >= 0.6 is 15.9 Å². The van der Waals surface area contributed by atoms with Crippen LogP contribution in [0.2, 0.25) is 0 Å². The maximum Gasteiger partial charge on any atom is 0.191 e. The van der Waals surface area contributed by atoms with Crippen molar-refractivity contribution in [2.24, 2.45) is 4.99 Å². The molecule has 1 unspecified atom stereocenters. The number of rotatable bonds is 7. The zero-order valence-corrected chi connectivity index (χ0v) is 17.5. The second kappa shape index (κ2) is 9.80. The highest BCUT2D eigenvalue weighted by Crippen LogP contribution is 2.25. The number of furan rings is 1. The van der Waals surface area contributed by atoms with Gasteiger partial charge in [0.05, 0.1) is 19.4 Å². The Labute approximate surface area is 169 Å². The van der Waals surface area contributed by atoms with Crippen LogP contribution in [-0.2, 0) is 6.54 Å². The molecule has 27 heavy (non-hydrogen) atoms. The predicted octanol–water partition coefficient (Wildman–Crippen LogP) is 3.55. The molecule has 2 heterocycles. The molecule has 3 rings (SSSR count). The van der Waals surface area contributed by atoms with Crippen LogP contribution in [0.1, 0.15) is 30.2 Å². The van der Waals surface area contributed by atoms with Gasteiger partial charge in [-0.3, -0.25) is 9.89 Å². The average molecular weight is 435 g/mol. The van der Waals surface area contributed by atoms with Gasteiger partial charge < -0.3 is 19.8 Å². The van der Waals surface area contributed by atoms with Crippen LogP contribution in [0.5, 0.6) is 5.75 Å². The molecule has 1 aromatic heterocycles. The summed E-state index contributed by atoms with van der Waals surface area (Å²) in [6.45, 7) is 3.57. The van der Waals surface area contributed by atoms with Crippen molar-refractivity contribution in [3.63, 3.8) is 0 Å². The third kappa shape index (κ3) is 5.26. The predicted molar refractivity (Wildman–Crippen MR) is 111 cm³/mol. The Morgan fingerprint density at radius 3 is 2.78 bits per heavy atom. The average Bonchev–Trinajstić information content (AvgIpc) is 3.39. The lowest BCUT2D eigenvalue weighted by molar-refractivity contribution is 0.215. The van der Waals surface area contributed by atoms with Gasteiger partial charge in [0.2, 0.25) is 0 Å². The first-order valence-electron chi connectivity index (χ1n) is 9.25. The fourth-order valence-corrected chi connectivity index (χ4v) is 3.83. The summed E-state index contributed by atoms with van der Waals surface area (Å²) in [4.78, 5) is 6.82. The van der Waals surface area contributed by atoms with E-state index in [4.69, 9.17) is 9.15 Å². The molecule has 7 heteroatoms. The molecule has 2 aromatic rings. The first-order chi connectivity index (χ1) is 13.2. The number of aliphatic imine (C=N–C) groups is 1. The summed E-state index contributed by atoms with van der Waals surface area (Å²) in [6.07, 6.45) is 4.23. The Balaban J connectivity index is 1.60. The van der Waals surface area contributed by atoms with Gasteiger partial charge >= 0.3 is 0 Å². The summed E-state index contributed by atoms with van der Waals surface area (Å²) in [7, 11) is 3.47. The van der Waals surface area contributed by atoms with Crippen molar-refractivity contribution in [2.45, 2.75) is 25.4 Å². The second-order valence-electron chi connectivity index (χ2n) is 6.54. The van der Waals surface area contributed by atoms with Gasteiger partial charge in [0.25, 0.3) is 0 Å². The molecule has 1 fully saturated rings. The Hall–Kier alpha value is -1.99. The molecule has 0 spiro atoms. The Bertz CT molecular complexity index is 742. The number of likely N-dealkylation sites (tertiary alicyclic amines) is 1. The minimum absolute atomic E-state index is 0.210. The van der Waals surface area contributed by atoms with Crippen LogP contribution < -0.4 is 15.4 Å². The summed E-state index contributed by atoms with van der Waals surface area (Å²) >= 11 is 3.51. The minimum Gasteiger partial charge on any atom is -0.496 e. The van der Waals surface area contributed by atoms with Crippen molar-refractivity contribution < 1.29 is 9.15 Å². The molecule has 1 aromatic carbocycles. The lowest BCUT2D eigenvalue weighted by Crippen LogP contribution is -2.42. The molecule has 6 nitrogen and oxygen atoms in total. The summed E-state index contributed by atoms with van der Waals surface area (Å²) in [5, 5.41) is 6.81. The number of hydrogen-bond acceptors (Lipinski definition) is 4. The molecule has 1 saturated heterocycles. The van der Waals surface area contributed by atoms with Crippen molar-refractivity contribution in [3.8, 4) is 5.75 Å². The highest BCUT2D eigenvalue weighted by Gasteiger charge is 2.25. The normalized spacial score (nSPS) is 16.3. The van der Waals surface area contributed by atoms with Crippen LogP contribution in [0, 0.1) is 0 Å². The number of ether oxygens (including phenoxy) is 1. The number of nitrogens with one attached hydrogen (secondary N) is 2. The maximum absolute atomic E-state index is 5.68. The topological polar surface area (TPSA) is 62.0 Å². The standard InChI is InChI=1S/C20H27BrN4O2/c1-22-20(23-13-15-12-16(21)7-8-18(15)26-2)24-14-17(19-6-5-11-27-19)25-9-3-4-10-25/h5-8,11-12,17H,3-4,9-10,13-14H2,1-2H3,(H2,22,23,24). The van der Waals surface area contributed by atoms with E-state index in [0.717, 1.165) is 47.1 Å². The number of methoxy groups -OCH3 is 1. The molecule has 0 radical (unpaired) electrons. The smallest absolute Gasteiger partial charge is 0.191 e. The van der Waals surface area contributed by atoms with E-state index in [9.17, 15) is 0 Å². The highest BCUT2D eigenvalue weighted by atomic mass is 79.9. The van der Waals surface area contributed by atoms with Gasteiger partial charge in [-0.1, -0.05) is 15.9 Å². The monoisotopic (exact) mass is 434 g/mol. The number of hydrogen-bond donors (Lipinski definition) is 2. The van der Waals surface area contributed by atoms with E-state index in [-0.39, 0.29) is 6.04 Å². The van der Waals surface area contributed by atoms with Gasteiger partial charge in [-0.05, 0) is 56.3 Å². The molecule has 0 bridgehead atoms. The lowest BCUT2D eigenvalue weighted by Gasteiger charge is -2.26. The van der Waals surface area contributed by atoms with Crippen molar-refractivity contribution in [1.82, 2.24) is 15.5 Å². The minimum atomic E-state index is 0.210. The fraction of sp³-hybridized carbons (Fsp3) is 0.450. The second-order valence-corrected chi connectivity index (χ2v) is 7.45. The van der Waals surface area contributed by atoms with Gasteiger partial charge in [-0.2, -0.15) is 0 Å². The molecule has 146 valence electrons. The fourth-order valence-electron chi connectivity index (χ4n) is 3.42. The largest absolute Gasteiger partial charge is 0.496 e. The van der Waals surface area contributed by atoms with Gasteiger partial charge in [0, 0.05) is 30.2 Å². The van der Waals surface area contributed by atoms with Crippen molar-refractivity contribution in [2.75, 3.05) is 33.8 Å². The number of halogens is 1. The third-order valence-electron chi connectivity index (χ3n) is 4.83. The zero-order valence-electron chi connectivity index (χ0n) is 15.9. The van der Waals surface area contributed by atoms with E-state index in [1.165, 1.54) is 12.8 Å². The molecule has 2 N–H and O–H groups in total. The molecule has 1 aliphatic rings. The van der Waals surface area contributed by atoms with E-state index in [1.54, 1.807) is 20.4 Å². The van der Waals surface area contributed by atoms with E-state index in [2.05, 4.69) is 42.5 Å².